The van der Waals surface area contributed by atoms with Gasteiger partial charge in [-0.15, -0.1) is 0 Å². The number of rotatable bonds is 7. The molecule has 1 aromatic heterocycles. The van der Waals surface area contributed by atoms with Gasteiger partial charge in [-0.1, -0.05) is 18.2 Å². The zero-order valence-corrected chi connectivity index (χ0v) is 11.1. The molecule has 104 valence electrons. The number of nitrogens with one attached hydrogen (secondary N) is 1. The van der Waals surface area contributed by atoms with Gasteiger partial charge in [-0.3, -0.25) is 9.78 Å². The number of para-hydroxylation sites is 2. The first-order valence-electron chi connectivity index (χ1n) is 6.39. The number of aromatic nitrogens is 1. The summed E-state index contributed by atoms with van der Waals surface area (Å²) < 4.78 is 5.55. The van der Waals surface area contributed by atoms with Crippen LogP contribution in [0.1, 0.15) is 12.1 Å². The molecule has 2 rings (SSSR count). The lowest BCUT2D eigenvalue weighted by molar-refractivity contribution is -0.118. The lowest BCUT2D eigenvalue weighted by Gasteiger charge is -2.12. The summed E-state index contributed by atoms with van der Waals surface area (Å²) >= 11 is 0. The molecule has 0 aliphatic rings. The SMILES string of the molecule is NC(=O)CCOc1ccccc1NCc1ccccn1. The van der Waals surface area contributed by atoms with Gasteiger partial charge in [-0.2, -0.15) is 0 Å². The lowest BCUT2D eigenvalue weighted by Crippen LogP contribution is -2.15. The van der Waals surface area contributed by atoms with Crippen molar-refractivity contribution >= 4 is 11.6 Å². The average molecular weight is 271 g/mol. The quantitative estimate of drug-likeness (QED) is 0.807. The Morgan fingerprint density at radius 1 is 1.20 bits per heavy atom. The minimum absolute atomic E-state index is 0.203. The molecule has 0 aliphatic carbocycles. The summed E-state index contributed by atoms with van der Waals surface area (Å²) in [4.78, 5) is 14.9. The zero-order chi connectivity index (χ0) is 14.2. The van der Waals surface area contributed by atoms with Gasteiger partial charge in [0.2, 0.25) is 5.91 Å². The maximum absolute atomic E-state index is 10.7. The van der Waals surface area contributed by atoms with E-state index in [2.05, 4.69) is 10.3 Å². The van der Waals surface area contributed by atoms with Crippen molar-refractivity contribution in [1.82, 2.24) is 4.98 Å². The third-order valence-corrected chi connectivity index (χ3v) is 2.68. The lowest BCUT2D eigenvalue weighted by atomic mass is 10.2. The van der Waals surface area contributed by atoms with Crippen LogP contribution in [0.15, 0.2) is 48.7 Å². The van der Waals surface area contributed by atoms with Gasteiger partial charge in [-0.05, 0) is 24.3 Å². The van der Waals surface area contributed by atoms with Crippen LogP contribution in [0.2, 0.25) is 0 Å². The summed E-state index contributed by atoms with van der Waals surface area (Å²) in [5, 5.41) is 3.26. The summed E-state index contributed by atoms with van der Waals surface area (Å²) in [7, 11) is 0. The first-order valence-corrected chi connectivity index (χ1v) is 6.39. The van der Waals surface area contributed by atoms with Crippen LogP contribution < -0.4 is 15.8 Å². The third-order valence-electron chi connectivity index (χ3n) is 2.68. The normalized spacial score (nSPS) is 10.0. The summed E-state index contributed by atoms with van der Waals surface area (Å²) in [5.41, 5.74) is 6.89. The van der Waals surface area contributed by atoms with Crippen molar-refractivity contribution in [3.8, 4) is 5.75 Å². The molecule has 1 amide bonds. The number of nitrogens with two attached hydrogens (primary N) is 1. The molecule has 1 heterocycles. The van der Waals surface area contributed by atoms with E-state index in [-0.39, 0.29) is 18.9 Å². The molecule has 5 nitrogen and oxygen atoms in total. The second-order valence-corrected chi connectivity index (χ2v) is 4.24. The standard InChI is InChI=1S/C15H17N3O2/c16-15(19)8-10-20-14-7-2-1-6-13(14)18-11-12-5-3-4-9-17-12/h1-7,9,18H,8,10-11H2,(H2,16,19). The summed E-state index contributed by atoms with van der Waals surface area (Å²) in [6.07, 6.45) is 1.96. The number of primary amides is 1. The molecule has 1 aromatic carbocycles. The molecule has 20 heavy (non-hydrogen) atoms. The Morgan fingerprint density at radius 3 is 2.75 bits per heavy atom. The first kappa shape index (κ1) is 13.9. The van der Waals surface area contributed by atoms with Gasteiger partial charge in [0.05, 0.1) is 31.0 Å². The fraction of sp³-hybridized carbons (Fsp3) is 0.200. The van der Waals surface area contributed by atoms with Crippen LogP contribution in [0.4, 0.5) is 5.69 Å². The van der Waals surface area contributed by atoms with Crippen LogP contribution >= 0.6 is 0 Å². The Morgan fingerprint density at radius 2 is 2.00 bits per heavy atom. The fourth-order valence-corrected chi connectivity index (χ4v) is 1.69. The predicted octanol–water partition coefficient (Wildman–Crippen LogP) is 1.95. The molecule has 0 unspecified atom stereocenters. The number of hydrogen-bond donors (Lipinski definition) is 2. The molecule has 0 atom stereocenters. The molecular weight excluding hydrogens is 254 g/mol. The van der Waals surface area contributed by atoms with Crippen LogP contribution in [0, 0.1) is 0 Å². The molecule has 3 N–H and O–H groups in total. The largest absolute Gasteiger partial charge is 0.491 e. The highest BCUT2D eigenvalue weighted by atomic mass is 16.5. The van der Waals surface area contributed by atoms with Crippen LogP contribution in [-0.2, 0) is 11.3 Å². The number of ether oxygens (including phenoxy) is 1. The summed E-state index contributed by atoms with van der Waals surface area (Å²) in [5.74, 6) is 0.327. The Kier molecular flexibility index (Phi) is 4.94. The van der Waals surface area contributed by atoms with Gasteiger partial charge in [0.15, 0.2) is 0 Å². The molecule has 0 spiro atoms. The van der Waals surface area contributed by atoms with Crippen LogP contribution in [0.3, 0.4) is 0 Å². The zero-order valence-electron chi connectivity index (χ0n) is 11.1. The Balaban J connectivity index is 1.95. The number of anilines is 1. The van der Waals surface area contributed by atoms with E-state index in [9.17, 15) is 4.79 Å². The minimum atomic E-state index is -0.371. The monoisotopic (exact) mass is 271 g/mol. The van der Waals surface area contributed by atoms with Gasteiger partial charge < -0.3 is 15.8 Å². The van der Waals surface area contributed by atoms with E-state index in [0.29, 0.717) is 12.3 Å². The minimum Gasteiger partial charge on any atom is -0.491 e. The number of pyridine rings is 1. The van der Waals surface area contributed by atoms with Crippen molar-refractivity contribution < 1.29 is 9.53 Å². The Bertz CT molecular complexity index is 558. The van der Waals surface area contributed by atoms with Crippen molar-refractivity contribution in [2.45, 2.75) is 13.0 Å². The van der Waals surface area contributed by atoms with E-state index in [1.54, 1.807) is 6.20 Å². The second kappa shape index (κ2) is 7.13. The highest BCUT2D eigenvalue weighted by molar-refractivity contribution is 5.73. The number of nitrogens with zero attached hydrogens (tertiary/aromatic N) is 1. The Hall–Kier alpha value is -2.56. The Labute approximate surface area is 117 Å². The van der Waals surface area contributed by atoms with Crippen LogP contribution in [0.25, 0.3) is 0 Å². The maximum atomic E-state index is 10.7. The summed E-state index contributed by atoms with van der Waals surface area (Å²) in [6, 6.07) is 13.3. The van der Waals surface area contributed by atoms with Crippen molar-refractivity contribution in [3.63, 3.8) is 0 Å². The first-order chi connectivity index (χ1) is 9.75. The maximum Gasteiger partial charge on any atom is 0.220 e. The number of carbonyl (C=O) groups excluding carboxylic acids is 1. The molecule has 5 heteroatoms. The van der Waals surface area contributed by atoms with E-state index in [1.807, 2.05) is 42.5 Å². The van der Waals surface area contributed by atoms with Gasteiger partial charge >= 0.3 is 0 Å². The molecular formula is C15H17N3O2. The molecule has 0 aliphatic heterocycles. The molecule has 2 aromatic rings. The van der Waals surface area contributed by atoms with Crippen molar-refractivity contribution in [3.05, 3.63) is 54.4 Å². The average Bonchev–Trinajstić information content (AvgIpc) is 2.47. The molecule has 0 saturated carbocycles. The smallest absolute Gasteiger partial charge is 0.220 e. The number of hydrogen-bond acceptors (Lipinski definition) is 4. The summed E-state index contributed by atoms with van der Waals surface area (Å²) in [6.45, 7) is 0.884. The van der Waals surface area contributed by atoms with Crippen LogP contribution in [-0.4, -0.2) is 17.5 Å². The molecule has 0 saturated heterocycles. The third kappa shape index (κ3) is 4.28. The number of carbonyl (C=O) groups is 1. The van der Waals surface area contributed by atoms with Crippen molar-refractivity contribution in [2.75, 3.05) is 11.9 Å². The predicted molar refractivity (Wildman–Crippen MR) is 77.3 cm³/mol. The van der Waals surface area contributed by atoms with E-state index in [1.165, 1.54) is 0 Å². The van der Waals surface area contributed by atoms with E-state index in [0.717, 1.165) is 11.4 Å². The second-order valence-electron chi connectivity index (χ2n) is 4.24. The van der Waals surface area contributed by atoms with Gasteiger partial charge in [0.25, 0.3) is 0 Å². The van der Waals surface area contributed by atoms with E-state index in [4.69, 9.17) is 10.5 Å². The van der Waals surface area contributed by atoms with Crippen molar-refractivity contribution in [1.29, 1.82) is 0 Å². The van der Waals surface area contributed by atoms with Gasteiger partial charge in [-0.25, -0.2) is 0 Å². The fourth-order valence-electron chi connectivity index (χ4n) is 1.69. The topological polar surface area (TPSA) is 77.2 Å². The van der Waals surface area contributed by atoms with Crippen LogP contribution in [0.5, 0.6) is 5.75 Å². The van der Waals surface area contributed by atoms with Gasteiger partial charge in [0, 0.05) is 6.20 Å². The van der Waals surface area contributed by atoms with Gasteiger partial charge in [0.1, 0.15) is 5.75 Å². The molecule has 0 fully saturated rings. The number of amides is 1. The van der Waals surface area contributed by atoms with Crippen molar-refractivity contribution in [2.24, 2.45) is 5.73 Å². The molecule has 0 bridgehead atoms. The highest BCUT2D eigenvalue weighted by Gasteiger charge is 2.04. The number of benzene rings is 1. The highest BCUT2D eigenvalue weighted by Crippen LogP contribution is 2.24. The van der Waals surface area contributed by atoms with E-state index >= 15 is 0 Å². The molecule has 0 radical (unpaired) electrons. The van der Waals surface area contributed by atoms with E-state index < -0.39 is 0 Å².